The molecule has 1 fully saturated rings. The van der Waals surface area contributed by atoms with E-state index in [1.54, 1.807) is 24.3 Å². The van der Waals surface area contributed by atoms with Crippen molar-refractivity contribution < 1.29 is 34.1 Å². The molecule has 0 aromatic heterocycles. The summed E-state index contributed by atoms with van der Waals surface area (Å²) in [5.41, 5.74) is -2.53. The molecule has 1 aliphatic rings. The standard InChI is InChI=1S/C22H21NO7/c1-4-30-16-11-7-14(8-12-16)18(24)17-19(25)20(26)23(22(17,28)21(27)29-3)15-9-5-13(2)6-10-15/h5-12,24,28H,4H2,1-3H3/t22-/m1/s1. The minimum Gasteiger partial charge on any atom is -0.507 e. The largest absolute Gasteiger partial charge is 0.507 e. The zero-order valence-corrected chi connectivity index (χ0v) is 16.7. The van der Waals surface area contributed by atoms with E-state index in [-0.39, 0.29) is 11.3 Å². The zero-order valence-electron chi connectivity index (χ0n) is 16.7. The lowest BCUT2D eigenvalue weighted by Gasteiger charge is -2.31. The Kier molecular flexibility index (Phi) is 5.62. The number of esters is 1. The summed E-state index contributed by atoms with van der Waals surface area (Å²) in [7, 11) is 1.01. The number of nitrogens with zero attached hydrogens (tertiary/aromatic N) is 1. The number of rotatable bonds is 5. The molecular weight excluding hydrogens is 390 g/mol. The first kappa shape index (κ1) is 21.1. The van der Waals surface area contributed by atoms with E-state index in [1.165, 1.54) is 24.3 Å². The maximum absolute atomic E-state index is 12.8. The van der Waals surface area contributed by atoms with E-state index in [4.69, 9.17) is 4.74 Å². The first-order chi connectivity index (χ1) is 14.2. The third-order valence-corrected chi connectivity index (χ3v) is 4.73. The number of amides is 1. The van der Waals surface area contributed by atoms with Crippen molar-refractivity contribution in [2.75, 3.05) is 18.6 Å². The van der Waals surface area contributed by atoms with Crippen molar-refractivity contribution in [1.82, 2.24) is 0 Å². The van der Waals surface area contributed by atoms with Gasteiger partial charge in [-0.1, -0.05) is 17.7 Å². The molecule has 1 atom stereocenters. The molecule has 2 aromatic rings. The van der Waals surface area contributed by atoms with Crippen LogP contribution in [0.5, 0.6) is 5.75 Å². The number of aryl methyl sites for hydroxylation is 1. The number of hydrogen-bond donors (Lipinski definition) is 2. The normalized spacial score (nSPS) is 20.3. The number of carbonyl (C=O) groups is 3. The highest BCUT2D eigenvalue weighted by molar-refractivity contribution is 6.54. The van der Waals surface area contributed by atoms with Crippen LogP contribution in [0.15, 0.2) is 54.1 Å². The van der Waals surface area contributed by atoms with Gasteiger partial charge in [0.05, 0.1) is 13.7 Å². The highest BCUT2D eigenvalue weighted by Gasteiger charge is 2.62. The van der Waals surface area contributed by atoms with Crippen LogP contribution in [0.2, 0.25) is 0 Å². The van der Waals surface area contributed by atoms with Gasteiger partial charge in [0.2, 0.25) is 0 Å². The van der Waals surface area contributed by atoms with Crippen LogP contribution in [0.3, 0.4) is 0 Å². The van der Waals surface area contributed by atoms with Gasteiger partial charge in [-0.2, -0.15) is 0 Å². The van der Waals surface area contributed by atoms with Gasteiger partial charge in [0.25, 0.3) is 11.5 Å². The number of benzene rings is 2. The van der Waals surface area contributed by atoms with E-state index in [0.29, 0.717) is 17.3 Å². The predicted octanol–water partition coefficient (Wildman–Crippen LogP) is 2.14. The molecule has 1 saturated heterocycles. The number of Topliss-reactive ketones (excluding diaryl/α,β-unsaturated/α-hetero) is 1. The second-order valence-electron chi connectivity index (χ2n) is 6.65. The smallest absolute Gasteiger partial charge is 0.365 e. The highest BCUT2D eigenvalue weighted by Crippen LogP contribution is 2.40. The summed E-state index contributed by atoms with van der Waals surface area (Å²) in [4.78, 5) is 38.7. The van der Waals surface area contributed by atoms with Crippen molar-refractivity contribution in [1.29, 1.82) is 0 Å². The third-order valence-electron chi connectivity index (χ3n) is 4.73. The predicted molar refractivity (Wildman–Crippen MR) is 108 cm³/mol. The molecule has 1 amide bonds. The van der Waals surface area contributed by atoms with E-state index in [9.17, 15) is 24.6 Å². The number of carbonyl (C=O) groups excluding carboxylic acids is 3. The van der Waals surface area contributed by atoms with E-state index in [0.717, 1.165) is 12.7 Å². The fourth-order valence-corrected chi connectivity index (χ4v) is 3.25. The van der Waals surface area contributed by atoms with Crippen molar-refractivity contribution in [3.8, 4) is 5.75 Å². The van der Waals surface area contributed by atoms with Crippen LogP contribution >= 0.6 is 0 Å². The topological polar surface area (TPSA) is 113 Å². The van der Waals surface area contributed by atoms with Gasteiger partial charge in [-0.25, -0.2) is 4.79 Å². The van der Waals surface area contributed by atoms with Gasteiger partial charge < -0.3 is 19.7 Å². The van der Waals surface area contributed by atoms with Gasteiger partial charge in [-0.3, -0.25) is 14.5 Å². The summed E-state index contributed by atoms with van der Waals surface area (Å²) in [6, 6.07) is 12.2. The second kappa shape index (κ2) is 8.00. The Hall–Kier alpha value is -3.65. The monoisotopic (exact) mass is 411 g/mol. The van der Waals surface area contributed by atoms with Crippen molar-refractivity contribution in [2.24, 2.45) is 0 Å². The third kappa shape index (κ3) is 3.31. The highest BCUT2D eigenvalue weighted by atomic mass is 16.5. The number of hydrogen-bond acceptors (Lipinski definition) is 7. The lowest BCUT2D eigenvalue weighted by molar-refractivity contribution is -0.158. The summed E-state index contributed by atoms with van der Waals surface area (Å²) >= 11 is 0. The molecule has 156 valence electrons. The van der Waals surface area contributed by atoms with Crippen LogP contribution in [0.1, 0.15) is 18.1 Å². The van der Waals surface area contributed by atoms with Gasteiger partial charge in [-0.15, -0.1) is 0 Å². The average molecular weight is 411 g/mol. The first-order valence-electron chi connectivity index (χ1n) is 9.19. The van der Waals surface area contributed by atoms with Crippen LogP contribution < -0.4 is 9.64 Å². The molecule has 2 N–H and O–H groups in total. The van der Waals surface area contributed by atoms with E-state index in [1.807, 2.05) is 13.8 Å². The van der Waals surface area contributed by atoms with Gasteiger partial charge >= 0.3 is 11.9 Å². The molecule has 0 radical (unpaired) electrons. The molecule has 0 aliphatic carbocycles. The van der Waals surface area contributed by atoms with E-state index in [2.05, 4.69) is 4.74 Å². The van der Waals surface area contributed by atoms with Crippen molar-refractivity contribution in [3.05, 3.63) is 65.2 Å². The molecule has 3 rings (SSSR count). The molecular formula is C22H21NO7. The number of ether oxygens (including phenoxy) is 2. The molecule has 0 saturated carbocycles. The molecule has 2 aromatic carbocycles. The van der Waals surface area contributed by atoms with Crippen molar-refractivity contribution in [3.63, 3.8) is 0 Å². The van der Waals surface area contributed by atoms with Gasteiger partial charge in [0.15, 0.2) is 0 Å². The molecule has 8 nitrogen and oxygen atoms in total. The fourth-order valence-electron chi connectivity index (χ4n) is 3.25. The van der Waals surface area contributed by atoms with Crippen LogP contribution in [-0.4, -0.2) is 47.3 Å². The average Bonchev–Trinajstić information content (AvgIpc) is 2.95. The van der Waals surface area contributed by atoms with Crippen molar-refractivity contribution in [2.45, 2.75) is 19.6 Å². The van der Waals surface area contributed by atoms with Crippen LogP contribution in [0.4, 0.5) is 5.69 Å². The number of methoxy groups -OCH3 is 1. The molecule has 30 heavy (non-hydrogen) atoms. The summed E-state index contributed by atoms with van der Waals surface area (Å²) in [6.07, 6.45) is 0. The molecule has 0 bridgehead atoms. The number of ketones is 1. The maximum atomic E-state index is 12.8. The summed E-state index contributed by atoms with van der Waals surface area (Å²) in [5.74, 6) is -3.85. The number of aliphatic hydroxyl groups excluding tert-OH is 1. The van der Waals surface area contributed by atoms with Crippen LogP contribution in [0, 0.1) is 6.92 Å². The quantitative estimate of drug-likeness (QED) is 0.335. The minimum absolute atomic E-state index is 0.0985. The van der Waals surface area contributed by atoms with Gasteiger partial charge in [0.1, 0.15) is 17.1 Å². The van der Waals surface area contributed by atoms with Gasteiger partial charge in [-0.05, 0) is 50.2 Å². The van der Waals surface area contributed by atoms with E-state index >= 15 is 0 Å². The Balaban J connectivity index is 2.20. The Labute approximate surface area is 173 Å². The summed E-state index contributed by atoms with van der Waals surface area (Å²) in [6.45, 7) is 4.07. The zero-order chi connectivity index (χ0) is 22.1. The van der Waals surface area contributed by atoms with E-state index < -0.39 is 34.7 Å². The lowest BCUT2D eigenvalue weighted by Crippen LogP contribution is -2.54. The minimum atomic E-state index is -2.83. The number of aliphatic hydroxyl groups is 2. The maximum Gasteiger partial charge on any atom is 0.365 e. The second-order valence-corrected chi connectivity index (χ2v) is 6.65. The van der Waals surface area contributed by atoms with Crippen LogP contribution in [0.25, 0.3) is 5.76 Å². The summed E-state index contributed by atoms with van der Waals surface area (Å²) in [5, 5.41) is 22.1. The molecule has 0 unspecified atom stereocenters. The molecule has 0 spiro atoms. The van der Waals surface area contributed by atoms with Crippen LogP contribution in [-0.2, 0) is 19.1 Å². The lowest BCUT2D eigenvalue weighted by atomic mass is 9.97. The summed E-state index contributed by atoms with van der Waals surface area (Å²) < 4.78 is 10.0. The molecule has 1 aliphatic heterocycles. The Morgan fingerprint density at radius 1 is 1.07 bits per heavy atom. The first-order valence-corrected chi connectivity index (χ1v) is 9.19. The Morgan fingerprint density at radius 3 is 2.20 bits per heavy atom. The SMILES string of the molecule is CCOc1ccc(C(O)=C2C(=O)C(=O)N(c3ccc(C)cc3)[C@]2(O)C(=O)OC)cc1. The van der Waals surface area contributed by atoms with Crippen molar-refractivity contribution >= 4 is 29.1 Å². The fraction of sp³-hybridized carbons (Fsp3) is 0.227. The van der Waals surface area contributed by atoms with Gasteiger partial charge in [0, 0.05) is 11.3 Å². The Bertz CT molecular complexity index is 1020. The number of anilines is 1. The molecule has 8 heteroatoms. The Morgan fingerprint density at radius 2 is 1.67 bits per heavy atom. The molecule has 1 heterocycles.